The summed E-state index contributed by atoms with van der Waals surface area (Å²) in [5.74, 6) is -2.11. The summed E-state index contributed by atoms with van der Waals surface area (Å²) in [6, 6.07) is 8.65. The van der Waals surface area contributed by atoms with E-state index in [0.717, 1.165) is 6.07 Å². The van der Waals surface area contributed by atoms with Crippen LogP contribution in [0.15, 0.2) is 36.4 Å². The summed E-state index contributed by atoms with van der Waals surface area (Å²) in [6.45, 7) is 0.0450. The molecule has 2 N–H and O–H groups in total. The molecule has 0 bridgehead atoms. The summed E-state index contributed by atoms with van der Waals surface area (Å²) >= 11 is 5.75. The van der Waals surface area contributed by atoms with E-state index in [-0.39, 0.29) is 12.4 Å². The molecule has 2 nitrogen and oxygen atoms in total. The Bertz CT molecular complexity index is 575. The lowest BCUT2D eigenvalue weighted by Crippen LogP contribution is -2.02. The number of nitrogens with two attached hydrogens (primary N) is 1. The summed E-state index contributed by atoms with van der Waals surface area (Å²) in [4.78, 5) is 0. The van der Waals surface area contributed by atoms with Gasteiger partial charge in [-0.1, -0.05) is 23.7 Å². The lowest BCUT2D eigenvalue weighted by Gasteiger charge is -2.09. The SMILES string of the molecule is Nc1cc(Cl)ccc1COc1cccc(F)c1F. The maximum atomic E-state index is 13.3. The number of hydrogen-bond donors (Lipinski definition) is 1. The molecule has 5 heteroatoms. The number of halogens is 3. The van der Waals surface area contributed by atoms with E-state index in [4.69, 9.17) is 22.1 Å². The highest BCUT2D eigenvalue weighted by Gasteiger charge is 2.09. The third-order valence-electron chi connectivity index (χ3n) is 2.41. The normalized spacial score (nSPS) is 10.4. The first kappa shape index (κ1) is 12.6. The number of hydrogen-bond acceptors (Lipinski definition) is 2. The third-order valence-corrected chi connectivity index (χ3v) is 2.64. The van der Waals surface area contributed by atoms with Crippen molar-refractivity contribution < 1.29 is 13.5 Å². The summed E-state index contributed by atoms with van der Waals surface area (Å²) in [5.41, 5.74) is 6.82. The Morgan fingerprint density at radius 1 is 1.17 bits per heavy atom. The van der Waals surface area contributed by atoms with Crippen LogP contribution in [0.2, 0.25) is 5.02 Å². The van der Waals surface area contributed by atoms with Crippen LogP contribution < -0.4 is 10.5 Å². The molecule has 0 saturated heterocycles. The van der Waals surface area contributed by atoms with Gasteiger partial charge in [-0.05, 0) is 24.3 Å². The first-order valence-electron chi connectivity index (χ1n) is 5.18. The fraction of sp³-hybridized carbons (Fsp3) is 0.0769. The summed E-state index contributed by atoms with van der Waals surface area (Å²) in [6.07, 6.45) is 0. The van der Waals surface area contributed by atoms with E-state index in [2.05, 4.69) is 0 Å². The zero-order valence-electron chi connectivity index (χ0n) is 9.29. The largest absolute Gasteiger partial charge is 0.486 e. The Balaban J connectivity index is 2.14. The van der Waals surface area contributed by atoms with Crippen LogP contribution in [-0.4, -0.2) is 0 Å². The van der Waals surface area contributed by atoms with Gasteiger partial charge in [0.25, 0.3) is 0 Å². The highest BCUT2D eigenvalue weighted by atomic mass is 35.5. The fourth-order valence-corrected chi connectivity index (χ4v) is 1.63. The van der Waals surface area contributed by atoms with Gasteiger partial charge in [0.05, 0.1) is 0 Å². The zero-order valence-corrected chi connectivity index (χ0v) is 10.0. The Morgan fingerprint density at radius 3 is 2.67 bits per heavy atom. The second-order valence-electron chi connectivity index (χ2n) is 3.68. The number of nitrogen functional groups attached to an aromatic ring is 1. The first-order chi connectivity index (χ1) is 8.58. The number of anilines is 1. The predicted octanol–water partition coefficient (Wildman–Crippen LogP) is 3.78. The van der Waals surface area contributed by atoms with Gasteiger partial charge in [-0.25, -0.2) is 4.39 Å². The van der Waals surface area contributed by atoms with Gasteiger partial charge in [-0.2, -0.15) is 4.39 Å². The lowest BCUT2D eigenvalue weighted by atomic mass is 10.2. The summed E-state index contributed by atoms with van der Waals surface area (Å²) in [5, 5.41) is 0.508. The van der Waals surface area contributed by atoms with Gasteiger partial charge in [-0.3, -0.25) is 0 Å². The minimum atomic E-state index is -1.01. The van der Waals surface area contributed by atoms with Crippen LogP contribution in [0.5, 0.6) is 5.75 Å². The molecule has 0 aromatic heterocycles. The molecule has 0 fully saturated rings. The van der Waals surface area contributed by atoms with E-state index >= 15 is 0 Å². The van der Waals surface area contributed by atoms with Gasteiger partial charge >= 0.3 is 0 Å². The molecule has 0 aliphatic heterocycles. The second kappa shape index (κ2) is 5.23. The molecule has 0 heterocycles. The molecule has 0 atom stereocenters. The van der Waals surface area contributed by atoms with E-state index < -0.39 is 11.6 Å². The van der Waals surface area contributed by atoms with Crippen LogP contribution in [0.25, 0.3) is 0 Å². The van der Waals surface area contributed by atoms with Crippen molar-refractivity contribution in [2.45, 2.75) is 6.61 Å². The van der Waals surface area contributed by atoms with Gasteiger partial charge in [0.1, 0.15) is 6.61 Å². The highest BCUT2D eigenvalue weighted by Crippen LogP contribution is 2.23. The topological polar surface area (TPSA) is 35.2 Å². The van der Waals surface area contributed by atoms with Gasteiger partial charge in [0.2, 0.25) is 5.82 Å². The smallest absolute Gasteiger partial charge is 0.200 e. The average Bonchev–Trinajstić information content (AvgIpc) is 2.33. The van der Waals surface area contributed by atoms with Gasteiger partial charge in [0, 0.05) is 16.3 Å². The van der Waals surface area contributed by atoms with Crippen LogP contribution in [-0.2, 0) is 6.61 Å². The molecule has 94 valence electrons. The Hall–Kier alpha value is -1.81. The Kier molecular flexibility index (Phi) is 3.67. The van der Waals surface area contributed by atoms with Crippen molar-refractivity contribution in [2.75, 3.05) is 5.73 Å². The van der Waals surface area contributed by atoms with Crippen molar-refractivity contribution in [3.8, 4) is 5.75 Å². The van der Waals surface area contributed by atoms with Crippen molar-refractivity contribution in [3.05, 3.63) is 58.6 Å². The lowest BCUT2D eigenvalue weighted by molar-refractivity contribution is 0.285. The van der Waals surface area contributed by atoms with Crippen LogP contribution in [0.1, 0.15) is 5.56 Å². The Labute approximate surface area is 108 Å². The molecule has 0 amide bonds. The number of benzene rings is 2. The predicted molar refractivity (Wildman–Crippen MR) is 66.6 cm³/mol. The molecule has 0 spiro atoms. The average molecular weight is 270 g/mol. The molecule has 0 saturated carbocycles. The molecule has 2 rings (SSSR count). The summed E-state index contributed by atoms with van der Waals surface area (Å²) in [7, 11) is 0. The van der Waals surface area contributed by atoms with E-state index in [1.807, 2.05) is 0 Å². The van der Waals surface area contributed by atoms with E-state index in [9.17, 15) is 8.78 Å². The Morgan fingerprint density at radius 2 is 1.94 bits per heavy atom. The molecule has 2 aromatic carbocycles. The molecular formula is C13H10ClF2NO. The minimum absolute atomic E-state index is 0.0450. The monoisotopic (exact) mass is 269 g/mol. The molecule has 0 unspecified atom stereocenters. The minimum Gasteiger partial charge on any atom is -0.486 e. The van der Waals surface area contributed by atoms with Crippen molar-refractivity contribution >= 4 is 17.3 Å². The van der Waals surface area contributed by atoms with Gasteiger partial charge in [0.15, 0.2) is 11.6 Å². The molecule has 2 aromatic rings. The standard InChI is InChI=1S/C13H10ClF2NO/c14-9-5-4-8(11(17)6-9)7-18-12-3-1-2-10(15)13(12)16/h1-6H,7,17H2. The van der Waals surface area contributed by atoms with Crippen molar-refractivity contribution in [1.82, 2.24) is 0 Å². The quantitative estimate of drug-likeness (QED) is 0.861. The van der Waals surface area contributed by atoms with E-state index in [0.29, 0.717) is 16.3 Å². The van der Waals surface area contributed by atoms with Crippen LogP contribution in [0.4, 0.5) is 14.5 Å². The van der Waals surface area contributed by atoms with Gasteiger partial charge in [-0.15, -0.1) is 0 Å². The maximum Gasteiger partial charge on any atom is 0.200 e. The van der Waals surface area contributed by atoms with Crippen molar-refractivity contribution in [3.63, 3.8) is 0 Å². The third kappa shape index (κ3) is 2.71. The van der Waals surface area contributed by atoms with Crippen LogP contribution in [0, 0.1) is 11.6 Å². The van der Waals surface area contributed by atoms with Crippen LogP contribution in [0.3, 0.4) is 0 Å². The summed E-state index contributed by atoms with van der Waals surface area (Å²) < 4.78 is 31.4. The molecule has 0 aliphatic rings. The van der Waals surface area contributed by atoms with E-state index in [1.165, 1.54) is 12.1 Å². The van der Waals surface area contributed by atoms with Crippen molar-refractivity contribution in [2.24, 2.45) is 0 Å². The van der Waals surface area contributed by atoms with E-state index in [1.54, 1.807) is 18.2 Å². The highest BCUT2D eigenvalue weighted by molar-refractivity contribution is 6.30. The zero-order chi connectivity index (χ0) is 13.1. The fourth-order valence-electron chi connectivity index (χ4n) is 1.45. The molecular weight excluding hydrogens is 260 g/mol. The molecule has 0 radical (unpaired) electrons. The van der Waals surface area contributed by atoms with Crippen LogP contribution >= 0.6 is 11.6 Å². The molecule has 0 aliphatic carbocycles. The maximum absolute atomic E-state index is 13.3. The number of rotatable bonds is 3. The van der Waals surface area contributed by atoms with Crippen molar-refractivity contribution in [1.29, 1.82) is 0 Å². The van der Waals surface area contributed by atoms with Gasteiger partial charge < -0.3 is 10.5 Å². The second-order valence-corrected chi connectivity index (χ2v) is 4.12. The number of ether oxygens (including phenoxy) is 1. The first-order valence-corrected chi connectivity index (χ1v) is 5.56. The molecule has 18 heavy (non-hydrogen) atoms.